The molecule has 56 heavy (non-hydrogen) atoms. The Bertz CT molecular complexity index is 3370. The molecule has 262 valence electrons. The number of benzene rings is 9. The van der Waals surface area contributed by atoms with Gasteiger partial charge in [-0.25, -0.2) is 0 Å². The second-order valence-corrected chi connectivity index (χ2v) is 14.3. The van der Waals surface area contributed by atoms with E-state index in [-0.39, 0.29) is 18.1 Å². The van der Waals surface area contributed by atoms with Crippen molar-refractivity contribution in [3.05, 3.63) is 218 Å². The SMILES string of the molecule is [2H]c1c(-c2ccc3c(c2)c2cccc(-c4ccc(-c5ccccc5)cc4)c2n3-c2ccc(-c3ccccc3)cc2)c([2H])c2c3ccccc3n(-c3ccccc3)c2c1[2H]. The van der Waals surface area contributed by atoms with Crippen LogP contribution in [0.2, 0.25) is 0 Å². The lowest BCUT2D eigenvalue weighted by Crippen LogP contribution is -1.96. The summed E-state index contributed by atoms with van der Waals surface area (Å²) in [5, 5.41) is 3.67. The average Bonchev–Trinajstić information content (AvgIpc) is 3.83. The van der Waals surface area contributed by atoms with Crippen molar-refractivity contribution in [3.63, 3.8) is 0 Å². The van der Waals surface area contributed by atoms with E-state index < -0.39 is 0 Å². The minimum absolute atomic E-state index is 0.0428. The molecule has 0 atom stereocenters. The van der Waals surface area contributed by atoms with Crippen LogP contribution in [0.1, 0.15) is 4.11 Å². The van der Waals surface area contributed by atoms with Crippen LogP contribution in [0.25, 0.3) is 99.5 Å². The van der Waals surface area contributed by atoms with E-state index in [0.717, 1.165) is 66.3 Å². The molecule has 0 aliphatic rings. The highest BCUT2D eigenvalue weighted by molar-refractivity contribution is 6.15. The monoisotopic (exact) mass is 715 g/mol. The molecule has 9 aromatic carbocycles. The van der Waals surface area contributed by atoms with Crippen LogP contribution in [0.3, 0.4) is 0 Å². The van der Waals surface area contributed by atoms with Gasteiger partial charge in [-0.1, -0.05) is 164 Å². The van der Waals surface area contributed by atoms with Crippen molar-refractivity contribution in [3.8, 4) is 55.9 Å². The summed E-state index contributed by atoms with van der Waals surface area (Å²) >= 11 is 0. The molecule has 0 unspecified atom stereocenters. The summed E-state index contributed by atoms with van der Waals surface area (Å²) in [6, 6.07) is 69.6. The number of para-hydroxylation sites is 3. The fourth-order valence-corrected chi connectivity index (χ4v) is 8.38. The standard InChI is InChI=1S/C54H36N2/c1-4-13-37(14-5-1)39-23-25-41(26-24-39)46-20-12-21-48-50-36-43(30-34-53(50)56(54(46)48)45-31-27-40(28-32-45)38-15-6-2-7-16-38)42-29-33-52-49(35-42)47-19-10-11-22-51(47)55(52)44-17-8-3-9-18-44/h1-36H/i29D,33D,35D. The summed E-state index contributed by atoms with van der Waals surface area (Å²) in [6.07, 6.45) is 0. The minimum Gasteiger partial charge on any atom is -0.309 e. The first-order chi connectivity index (χ1) is 29.0. The van der Waals surface area contributed by atoms with Gasteiger partial charge in [-0.3, -0.25) is 0 Å². The normalized spacial score (nSPS) is 12.3. The third-order valence-corrected chi connectivity index (χ3v) is 11.1. The van der Waals surface area contributed by atoms with Crippen LogP contribution in [-0.4, -0.2) is 9.13 Å². The van der Waals surface area contributed by atoms with Crippen molar-refractivity contribution in [1.82, 2.24) is 9.13 Å². The van der Waals surface area contributed by atoms with Crippen molar-refractivity contribution in [2.24, 2.45) is 0 Å². The minimum atomic E-state index is 0.0428. The van der Waals surface area contributed by atoms with Gasteiger partial charge in [0, 0.05) is 38.5 Å². The molecule has 0 amide bonds. The van der Waals surface area contributed by atoms with Crippen LogP contribution >= 0.6 is 0 Å². The van der Waals surface area contributed by atoms with Crippen molar-refractivity contribution in [1.29, 1.82) is 0 Å². The number of hydrogen-bond acceptors (Lipinski definition) is 0. The van der Waals surface area contributed by atoms with E-state index in [2.05, 4.69) is 132 Å². The molecule has 0 aliphatic heterocycles. The molecule has 0 saturated heterocycles. The topological polar surface area (TPSA) is 9.86 Å². The average molecular weight is 716 g/mol. The van der Waals surface area contributed by atoms with Crippen LogP contribution in [0.4, 0.5) is 0 Å². The lowest BCUT2D eigenvalue weighted by molar-refractivity contribution is 1.18. The van der Waals surface area contributed by atoms with E-state index in [0.29, 0.717) is 16.5 Å². The van der Waals surface area contributed by atoms with Crippen LogP contribution in [0.15, 0.2) is 218 Å². The molecule has 2 nitrogen and oxygen atoms in total. The zero-order chi connectivity index (χ0) is 39.6. The van der Waals surface area contributed by atoms with Crippen molar-refractivity contribution >= 4 is 43.6 Å². The third kappa shape index (κ3) is 5.26. The molecular formula is C54H36N2. The Labute approximate surface area is 330 Å². The summed E-state index contributed by atoms with van der Waals surface area (Å²) in [7, 11) is 0. The van der Waals surface area contributed by atoms with Gasteiger partial charge in [0.25, 0.3) is 0 Å². The second kappa shape index (κ2) is 13.2. The molecule has 0 N–H and O–H groups in total. The Morgan fingerprint density at radius 3 is 1.55 bits per heavy atom. The number of aromatic nitrogens is 2. The molecule has 0 radical (unpaired) electrons. The number of hydrogen-bond donors (Lipinski definition) is 0. The molecule has 2 heterocycles. The van der Waals surface area contributed by atoms with Gasteiger partial charge in [-0.2, -0.15) is 0 Å². The molecule has 2 heteroatoms. The Morgan fingerprint density at radius 1 is 0.304 bits per heavy atom. The molecule has 0 bridgehead atoms. The molecular weight excluding hydrogens is 677 g/mol. The molecule has 2 aromatic heterocycles. The lowest BCUT2D eigenvalue weighted by atomic mass is 9.97. The smallest absolute Gasteiger partial charge is 0.0645 e. The van der Waals surface area contributed by atoms with Crippen LogP contribution in [0, 0.1) is 0 Å². The highest BCUT2D eigenvalue weighted by Gasteiger charge is 2.19. The summed E-state index contributed by atoms with van der Waals surface area (Å²) in [5.41, 5.74) is 13.6. The van der Waals surface area contributed by atoms with Gasteiger partial charge in [0.15, 0.2) is 0 Å². The van der Waals surface area contributed by atoms with Crippen molar-refractivity contribution in [2.75, 3.05) is 0 Å². The van der Waals surface area contributed by atoms with Gasteiger partial charge in [0.2, 0.25) is 0 Å². The molecule has 0 aliphatic carbocycles. The molecule has 0 saturated carbocycles. The molecule has 11 aromatic rings. The zero-order valence-electron chi connectivity index (χ0n) is 33.4. The van der Waals surface area contributed by atoms with E-state index in [4.69, 9.17) is 0 Å². The number of fused-ring (bicyclic) bond motifs is 6. The maximum absolute atomic E-state index is 9.78. The van der Waals surface area contributed by atoms with E-state index in [1.807, 2.05) is 77.4 Å². The van der Waals surface area contributed by atoms with Crippen molar-refractivity contribution in [2.45, 2.75) is 0 Å². The highest BCUT2D eigenvalue weighted by atomic mass is 15.0. The summed E-state index contributed by atoms with van der Waals surface area (Å²) < 4.78 is 33.1. The molecule has 11 rings (SSSR count). The zero-order valence-corrected chi connectivity index (χ0v) is 30.4. The van der Waals surface area contributed by atoms with Gasteiger partial charge in [0.05, 0.1) is 26.2 Å². The van der Waals surface area contributed by atoms with E-state index in [9.17, 15) is 4.11 Å². The third-order valence-electron chi connectivity index (χ3n) is 11.1. The summed E-state index contributed by atoms with van der Waals surface area (Å²) in [4.78, 5) is 0. The van der Waals surface area contributed by atoms with Gasteiger partial charge in [0.1, 0.15) is 0 Å². The maximum atomic E-state index is 9.78. The Hall–Kier alpha value is -7.42. The molecule has 0 spiro atoms. The quantitative estimate of drug-likeness (QED) is 0.162. The predicted octanol–water partition coefficient (Wildman–Crippen LogP) is 14.5. The highest BCUT2D eigenvalue weighted by Crippen LogP contribution is 2.41. The Balaban J connectivity index is 1.15. The first kappa shape index (κ1) is 29.0. The fourth-order valence-electron chi connectivity index (χ4n) is 8.38. The second-order valence-electron chi connectivity index (χ2n) is 14.3. The first-order valence-corrected chi connectivity index (χ1v) is 19.0. The van der Waals surface area contributed by atoms with Crippen LogP contribution in [0.5, 0.6) is 0 Å². The van der Waals surface area contributed by atoms with Gasteiger partial charge in [-0.05, 0) is 93.5 Å². The van der Waals surface area contributed by atoms with E-state index >= 15 is 0 Å². The maximum Gasteiger partial charge on any atom is 0.0645 e. The van der Waals surface area contributed by atoms with Crippen LogP contribution < -0.4 is 0 Å². The Kier molecular flexibility index (Phi) is 6.81. The number of rotatable bonds is 6. The van der Waals surface area contributed by atoms with Gasteiger partial charge in [-0.15, -0.1) is 0 Å². The Morgan fingerprint density at radius 2 is 0.839 bits per heavy atom. The van der Waals surface area contributed by atoms with Crippen LogP contribution in [-0.2, 0) is 0 Å². The van der Waals surface area contributed by atoms with Crippen molar-refractivity contribution < 1.29 is 4.11 Å². The summed E-state index contributed by atoms with van der Waals surface area (Å²) in [5.74, 6) is 0. The fraction of sp³-hybridized carbons (Fsp3) is 0. The molecule has 0 fully saturated rings. The first-order valence-electron chi connectivity index (χ1n) is 20.5. The largest absolute Gasteiger partial charge is 0.309 e. The van der Waals surface area contributed by atoms with E-state index in [1.165, 1.54) is 16.7 Å². The predicted molar refractivity (Wildman–Crippen MR) is 237 cm³/mol. The van der Waals surface area contributed by atoms with Gasteiger partial charge >= 0.3 is 0 Å². The number of nitrogens with zero attached hydrogens (tertiary/aromatic N) is 2. The summed E-state index contributed by atoms with van der Waals surface area (Å²) in [6.45, 7) is 0. The van der Waals surface area contributed by atoms with E-state index in [1.54, 1.807) is 0 Å². The van der Waals surface area contributed by atoms with Gasteiger partial charge < -0.3 is 9.13 Å². The lowest BCUT2D eigenvalue weighted by Gasteiger charge is -2.13.